The maximum absolute atomic E-state index is 14.8. The molecule has 2 aromatic carbocycles. The highest BCUT2D eigenvalue weighted by atomic mass is 19.4. The van der Waals surface area contributed by atoms with E-state index in [4.69, 9.17) is 0 Å². The smallest absolute Gasteiger partial charge is 0.419 e. The molecule has 1 aromatic heterocycles. The van der Waals surface area contributed by atoms with E-state index >= 15 is 0 Å². The molecule has 1 aliphatic carbocycles. The van der Waals surface area contributed by atoms with Crippen molar-refractivity contribution in [1.82, 2.24) is 4.98 Å². The van der Waals surface area contributed by atoms with Crippen molar-refractivity contribution < 1.29 is 27.8 Å². The topological polar surface area (TPSA) is 85.4 Å². The number of hydrogen-bond donors (Lipinski definition) is 4. The van der Waals surface area contributed by atoms with Crippen LogP contribution in [0.25, 0.3) is 16.5 Å². The largest absolute Gasteiger partial charge is 0.505 e. The maximum Gasteiger partial charge on any atom is 0.419 e. The SMILES string of the molecule is CC=C1C[C@](O)(C(F)(F)F)[C@H](Nc2cccc3[nH]c(=O)ccc23)c2ccc(O)c(F)c21. The van der Waals surface area contributed by atoms with Crippen molar-refractivity contribution >= 4 is 22.2 Å². The Bertz CT molecular complexity index is 1270. The zero-order valence-corrected chi connectivity index (χ0v) is 16.2. The third-order valence-corrected chi connectivity index (χ3v) is 5.63. The van der Waals surface area contributed by atoms with Crippen molar-refractivity contribution in [2.24, 2.45) is 0 Å². The number of alkyl halides is 3. The lowest BCUT2D eigenvalue weighted by atomic mass is 9.72. The van der Waals surface area contributed by atoms with E-state index in [9.17, 15) is 32.6 Å². The molecule has 162 valence electrons. The Kier molecular flexibility index (Phi) is 4.81. The highest BCUT2D eigenvalue weighted by Crippen LogP contribution is 2.53. The summed E-state index contributed by atoms with van der Waals surface area (Å²) in [6.07, 6.45) is -4.67. The standard InChI is InChI=1S/C22H18F4N2O3/c1-2-11-10-21(31,22(24,25)26)20(13-6-8-16(29)19(23)18(11)13)28-15-5-3-4-14-12(15)7-9-17(30)27-14/h2-9,20,28-29,31H,10H2,1H3,(H,27,30)/t20-,21-/m1/s1. The van der Waals surface area contributed by atoms with Crippen LogP contribution in [0.3, 0.4) is 0 Å². The summed E-state index contributed by atoms with van der Waals surface area (Å²) in [5.74, 6) is -1.75. The van der Waals surface area contributed by atoms with Gasteiger partial charge in [-0.25, -0.2) is 4.39 Å². The highest BCUT2D eigenvalue weighted by molar-refractivity contribution is 5.91. The molecule has 1 heterocycles. The summed E-state index contributed by atoms with van der Waals surface area (Å²) in [5.41, 5.74) is -3.42. The molecule has 0 radical (unpaired) electrons. The number of allylic oxidation sites excluding steroid dienone is 1. The molecular formula is C22H18F4N2O3. The summed E-state index contributed by atoms with van der Waals surface area (Å²) < 4.78 is 57.1. The Hall–Kier alpha value is -3.33. The fourth-order valence-corrected chi connectivity index (χ4v) is 4.06. The van der Waals surface area contributed by atoms with Gasteiger partial charge in [0.25, 0.3) is 0 Å². The van der Waals surface area contributed by atoms with E-state index in [0.29, 0.717) is 10.9 Å². The molecule has 31 heavy (non-hydrogen) atoms. The molecular weight excluding hydrogens is 416 g/mol. The van der Waals surface area contributed by atoms with Crippen LogP contribution in [0, 0.1) is 5.82 Å². The molecule has 0 bridgehead atoms. The van der Waals surface area contributed by atoms with Crippen LogP contribution in [0.1, 0.15) is 30.5 Å². The number of phenols is 1. The summed E-state index contributed by atoms with van der Waals surface area (Å²) in [7, 11) is 0. The average molecular weight is 434 g/mol. The predicted octanol–water partition coefficient (Wildman–Crippen LogP) is 4.63. The van der Waals surface area contributed by atoms with Gasteiger partial charge in [0.15, 0.2) is 17.2 Å². The van der Waals surface area contributed by atoms with E-state index in [1.54, 1.807) is 6.07 Å². The molecule has 0 saturated heterocycles. The first-order chi connectivity index (χ1) is 14.6. The number of aromatic amines is 1. The first-order valence-corrected chi connectivity index (χ1v) is 9.41. The molecule has 0 spiro atoms. The second-order valence-electron chi connectivity index (χ2n) is 7.44. The van der Waals surface area contributed by atoms with Crippen LogP contribution in [0.15, 0.2) is 53.3 Å². The van der Waals surface area contributed by atoms with Crippen LogP contribution in [-0.4, -0.2) is 27.0 Å². The van der Waals surface area contributed by atoms with Crippen molar-refractivity contribution in [3.63, 3.8) is 0 Å². The number of benzene rings is 2. The van der Waals surface area contributed by atoms with Gasteiger partial charge >= 0.3 is 6.18 Å². The van der Waals surface area contributed by atoms with Gasteiger partial charge in [-0.2, -0.15) is 13.2 Å². The number of halogens is 4. The summed E-state index contributed by atoms with van der Waals surface area (Å²) in [4.78, 5) is 14.2. The molecule has 0 unspecified atom stereocenters. The Morgan fingerprint density at radius 2 is 1.94 bits per heavy atom. The van der Waals surface area contributed by atoms with Gasteiger partial charge in [0.05, 0.1) is 11.6 Å². The van der Waals surface area contributed by atoms with E-state index in [-0.39, 0.29) is 27.9 Å². The number of anilines is 1. The number of aromatic nitrogens is 1. The van der Waals surface area contributed by atoms with Crippen molar-refractivity contribution in [1.29, 1.82) is 0 Å². The molecule has 4 rings (SSSR count). The minimum atomic E-state index is -5.05. The molecule has 0 aliphatic heterocycles. The van der Waals surface area contributed by atoms with Crippen molar-refractivity contribution in [2.45, 2.75) is 31.2 Å². The molecule has 5 nitrogen and oxygen atoms in total. The van der Waals surface area contributed by atoms with Gasteiger partial charge in [-0.15, -0.1) is 0 Å². The quantitative estimate of drug-likeness (QED) is 0.443. The zero-order chi connectivity index (χ0) is 22.6. The Balaban J connectivity index is 1.96. The number of nitrogens with one attached hydrogen (secondary N) is 2. The number of H-pyrrole nitrogens is 1. The molecule has 0 amide bonds. The van der Waals surface area contributed by atoms with Gasteiger partial charge in [0.1, 0.15) is 0 Å². The molecule has 1 aliphatic rings. The van der Waals surface area contributed by atoms with Crippen LogP contribution in [0.4, 0.5) is 23.2 Å². The van der Waals surface area contributed by atoms with Crippen LogP contribution >= 0.6 is 0 Å². The van der Waals surface area contributed by atoms with Crippen LogP contribution in [-0.2, 0) is 0 Å². The Labute approximate surface area is 173 Å². The van der Waals surface area contributed by atoms with E-state index in [1.165, 1.54) is 37.3 Å². The number of aromatic hydroxyl groups is 1. The first kappa shape index (κ1) is 20.9. The minimum Gasteiger partial charge on any atom is -0.505 e. The van der Waals surface area contributed by atoms with E-state index in [2.05, 4.69) is 10.3 Å². The van der Waals surface area contributed by atoms with Gasteiger partial charge in [0, 0.05) is 29.1 Å². The number of rotatable bonds is 2. The average Bonchev–Trinajstić information content (AvgIpc) is 2.71. The Morgan fingerprint density at radius 3 is 2.61 bits per heavy atom. The number of fused-ring (bicyclic) bond motifs is 2. The second-order valence-corrected chi connectivity index (χ2v) is 7.44. The normalized spacial score (nSPS) is 22.5. The number of aliphatic hydroxyl groups is 1. The zero-order valence-electron chi connectivity index (χ0n) is 16.2. The molecule has 0 fully saturated rings. The van der Waals surface area contributed by atoms with Crippen LogP contribution in [0.2, 0.25) is 0 Å². The highest BCUT2D eigenvalue weighted by Gasteiger charge is 2.61. The third kappa shape index (κ3) is 3.25. The lowest BCUT2D eigenvalue weighted by molar-refractivity contribution is -0.265. The summed E-state index contributed by atoms with van der Waals surface area (Å²) in [6.45, 7) is 1.44. The number of pyridine rings is 1. The fraction of sp³-hybridized carbons (Fsp3) is 0.227. The van der Waals surface area contributed by atoms with E-state index < -0.39 is 35.8 Å². The molecule has 0 saturated carbocycles. The van der Waals surface area contributed by atoms with E-state index in [1.807, 2.05) is 0 Å². The molecule has 9 heteroatoms. The Morgan fingerprint density at radius 1 is 1.19 bits per heavy atom. The van der Waals surface area contributed by atoms with Crippen LogP contribution < -0.4 is 10.9 Å². The maximum atomic E-state index is 14.8. The van der Waals surface area contributed by atoms with Crippen molar-refractivity contribution in [2.75, 3.05) is 5.32 Å². The second kappa shape index (κ2) is 7.12. The van der Waals surface area contributed by atoms with Gasteiger partial charge in [0.2, 0.25) is 5.56 Å². The number of hydrogen-bond acceptors (Lipinski definition) is 4. The van der Waals surface area contributed by atoms with Crippen molar-refractivity contribution in [3.8, 4) is 5.75 Å². The summed E-state index contributed by atoms with van der Waals surface area (Å²) in [6, 6.07) is 7.64. The van der Waals surface area contributed by atoms with Crippen molar-refractivity contribution in [3.05, 3.63) is 75.8 Å². The van der Waals surface area contributed by atoms with Gasteiger partial charge < -0.3 is 20.5 Å². The van der Waals surface area contributed by atoms with Gasteiger partial charge in [-0.1, -0.05) is 18.2 Å². The van der Waals surface area contributed by atoms with Gasteiger partial charge in [-0.3, -0.25) is 4.79 Å². The monoisotopic (exact) mass is 434 g/mol. The molecule has 3 aromatic rings. The summed E-state index contributed by atoms with van der Waals surface area (Å²) in [5, 5.41) is 23.8. The van der Waals surface area contributed by atoms with Gasteiger partial charge in [-0.05, 0) is 42.3 Å². The molecule has 2 atom stereocenters. The number of phenolic OH excluding ortho intramolecular Hbond substituents is 1. The first-order valence-electron chi connectivity index (χ1n) is 9.41. The third-order valence-electron chi connectivity index (χ3n) is 5.63. The lowest BCUT2D eigenvalue weighted by Gasteiger charge is -2.44. The van der Waals surface area contributed by atoms with E-state index in [0.717, 1.165) is 12.1 Å². The minimum absolute atomic E-state index is 0.0662. The predicted molar refractivity (Wildman–Crippen MR) is 108 cm³/mol. The van der Waals surface area contributed by atoms with Crippen LogP contribution in [0.5, 0.6) is 5.75 Å². The molecule has 4 N–H and O–H groups in total. The summed E-state index contributed by atoms with van der Waals surface area (Å²) >= 11 is 0. The lowest BCUT2D eigenvalue weighted by Crippen LogP contribution is -2.54. The fourth-order valence-electron chi connectivity index (χ4n) is 4.06.